The van der Waals surface area contributed by atoms with Crippen molar-refractivity contribution in [3.05, 3.63) is 23.2 Å². The third-order valence-electron chi connectivity index (χ3n) is 3.20. The summed E-state index contributed by atoms with van der Waals surface area (Å²) in [4.78, 5) is 0. The third-order valence-corrected chi connectivity index (χ3v) is 3.20. The van der Waals surface area contributed by atoms with Crippen LogP contribution in [0.5, 0.6) is 0 Å². The maximum Gasteiger partial charge on any atom is 0.130 e. The van der Waals surface area contributed by atoms with Gasteiger partial charge in [0.2, 0.25) is 0 Å². The Morgan fingerprint density at radius 2 is 2.19 bits per heavy atom. The Hall–Kier alpha value is -0.800. The summed E-state index contributed by atoms with van der Waals surface area (Å²) in [5, 5.41) is 3.13. The van der Waals surface area contributed by atoms with Gasteiger partial charge in [-0.05, 0) is 32.9 Å². The molecule has 0 radical (unpaired) electrons. The van der Waals surface area contributed by atoms with Crippen molar-refractivity contribution in [2.75, 3.05) is 7.05 Å². The van der Waals surface area contributed by atoms with Crippen LogP contribution < -0.4 is 5.32 Å². The first kappa shape index (κ1) is 11.7. The lowest BCUT2D eigenvalue weighted by Gasteiger charge is -2.08. The summed E-state index contributed by atoms with van der Waals surface area (Å²) in [6.07, 6.45) is 5.50. The molecule has 0 aliphatic heterocycles. The van der Waals surface area contributed by atoms with Crippen LogP contribution in [-0.2, 0) is 17.9 Å². The van der Waals surface area contributed by atoms with Crippen LogP contribution in [0.25, 0.3) is 0 Å². The first-order chi connectivity index (χ1) is 7.79. The number of rotatable bonds is 5. The molecule has 1 aliphatic rings. The van der Waals surface area contributed by atoms with Gasteiger partial charge in [-0.25, -0.2) is 0 Å². The van der Waals surface area contributed by atoms with Gasteiger partial charge in [0.05, 0.1) is 6.10 Å². The number of nitrogens with one attached hydrogen (secondary N) is 1. The second-order valence-corrected chi connectivity index (χ2v) is 4.54. The molecule has 0 unspecified atom stereocenters. The van der Waals surface area contributed by atoms with E-state index in [9.17, 15) is 0 Å². The fraction of sp³-hybridized carbons (Fsp3) is 0.692. The van der Waals surface area contributed by atoms with Crippen molar-refractivity contribution in [3.8, 4) is 0 Å². The van der Waals surface area contributed by atoms with Gasteiger partial charge < -0.3 is 14.5 Å². The Labute approximate surface area is 97.2 Å². The molecule has 1 N–H and O–H groups in total. The Morgan fingerprint density at radius 1 is 1.44 bits per heavy atom. The first-order valence-corrected chi connectivity index (χ1v) is 6.14. The molecule has 0 aromatic carbocycles. The van der Waals surface area contributed by atoms with E-state index in [0.29, 0.717) is 12.7 Å². The lowest BCUT2D eigenvalue weighted by Crippen LogP contribution is -2.06. The first-order valence-electron chi connectivity index (χ1n) is 6.14. The Balaban J connectivity index is 1.86. The fourth-order valence-corrected chi connectivity index (χ4v) is 2.28. The van der Waals surface area contributed by atoms with Crippen LogP contribution in [0.4, 0.5) is 0 Å². The number of aryl methyl sites for hydroxylation is 1. The molecule has 16 heavy (non-hydrogen) atoms. The zero-order chi connectivity index (χ0) is 11.4. The van der Waals surface area contributed by atoms with E-state index >= 15 is 0 Å². The molecule has 2 rings (SSSR count). The lowest BCUT2D eigenvalue weighted by atomic mass is 10.2. The SMILES string of the molecule is CNCc1cc(COC2CCCC2)oc1C. The van der Waals surface area contributed by atoms with Crippen LogP contribution in [0.1, 0.15) is 42.8 Å². The maximum absolute atomic E-state index is 5.82. The van der Waals surface area contributed by atoms with Gasteiger partial charge in [0.25, 0.3) is 0 Å². The van der Waals surface area contributed by atoms with E-state index < -0.39 is 0 Å². The zero-order valence-corrected chi connectivity index (χ0v) is 10.2. The van der Waals surface area contributed by atoms with Gasteiger partial charge in [-0.3, -0.25) is 0 Å². The molecule has 1 heterocycles. The Morgan fingerprint density at radius 3 is 2.88 bits per heavy atom. The average Bonchev–Trinajstić information content (AvgIpc) is 2.87. The van der Waals surface area contributed by atoms with Crippen LogP contribution in [0, 0.1) is 6.92 Å². The molecule has 1 aliphatic carbocycles. The summed E-state index contributed by atoms with van der Waals surface area (Å²) < 4.78 is 11.5. The number of hydrogen-bond acceptors (Lipinski definition) is 3. The molecule has 1 fully saturated rings. The van der Waals surface area contributed by atoms with Gasteiger partial charge in [-0.1, -0.05) is 12.8 Å². The molecule has 1 aromatic rings. The minimum atomic E-state index is 0.457. The average molecular weight is 223 g/mol. The Bertz CT molecular complexity index is 327. The van der Waals surface area contributed by atoms with E-state index in [1.807, 2.05) is 14.0 Å². The summed E-state index contributed by atoms with van der Waals surface area (Å²) in [6.45, 7) is 3.49. The molecule has 3 nitrogen and oxygen atoms in total. The second kappa shape index (κ2) is 5.51. The summed E-state index contributed by atoms with van der Waals surface area (Å²) in [7, 11) is 1.95. The van der Waals surface area contributed by atoms with Crippen molar-refractivity contribution in [2.24, 2.45) is 0 Å². The molecule has 0 amide bonds. The van der Waals surface area contributed by atoms with Crippen LogP contribution in [0.2, 0.25) is 0 Å². The minimum Gasteiger partial charge on any atom is -0.464 e. The smallest absolute Gasteiger partial charge is 0.130 e. The van der Waals surface area contributed by atoms with Gasteiger partial charge in [0.15, 0.2) is 0 Å². The summed E-state index contributed by atoms with van der Waals surface area (Å²) in [6, 6.07) is 2.10. The highest BCUT2D eigenvalue weighted by atomic mass is 16.5. The molecule has 1 saturated carbocycles. The summed E-state index contributed by atoms with van der Waals surface area (Å²) >= 11 is 0. The monoisotopic (exact) mass is 223 g/mol. The molecular weight excluding hydrogens is 202 g/mol. The highest BCUT2D eigenvalue weighted by Crippen LogP contribution is 2.23. The van der Waals surface area contributed by atoms with Gasteiger partial charge in [-0.2, -0.15) is 0 Å². The van der Waals surface area contributed by atoms with E-state index in [4.69, 9.17) is 9.15 Å². The molecule has 0 spiro atoms. The number of hydrogen-bond donors (Lipinski definition) is 1. The van der Waals surface area contributed by atoms with E-state index in [0.717, 1.165) is 18.1 Å². The number of ether oxygens (including phenoxy) is 1. The summed E-state index contributed by atoms with van der Waals surface area (Å²) in [5.74, 6) is 1.95. The predicted octanol–water partition coefficient (Wildman–Crippen LogP) is 2.77. The van der Waals surface area contributed by atoms with E-state index in [1.54, 1.807) is 0 Å². The largest absolute Gasteiger partial charge is 0.464 e. The molecule has 0 bridgehead atoms. The van der Waals surface area contributed by atoms with Crippen molar-refractivity contribution < 1.29 is 9.15 Å². The maximum atomic E-state index is 5.82. The highest BCUT2D eigenvalue weighted by Gasteiger charge is 2.16. The Kier molecular flexibility index (Phi) is 4.02. The number of furan rings is 1. The van der Waals surface area contributed by atoms with Crippen LogP contribution in [-0.4, -0.2) is 13.2 Å². The van der Waals surface area contributed by atoms with Crippen molar-refractivity contribution in [1.29, 1.82) is 0 Å². The van der Waals surface area contributed by atoms with Gasteiger partial charge in [0.1, 0.15) is 18.1 Å². The molecule has 1 aromatic heterocycles. The van der Waals surface area contributed by atoms with E-state index in [2.05, 4.69) is 11.4 Å². The quantitative estimate of drug-likeness (QED) is 0.833. The van der Waals surface area contributed by atoms with Crippen LogP contribution in [0.15, 0.2) is 10.5 Å². The normalized spacial score (nSPS) is 17.1. The van der Waals surface area contributed by atoms with Gasteiger partial charge in [0, 0.05) is 12.1 Å². The zero-order valence-electron chi connectivity index (χ0n) is 10.2. The molecular formula is C13H21NO2. The van der Waals surface area contributed by atoms with Crippen molar-refractivity contribution >= 4 is 0 Å². The van der Waals surface area contributed by atoms with Gasteiger partial charge >= 0.3 is 0 Å². The van der Waals surface area contributed by atoms with Crippen LogP contribution in [0.3, 0.4) is 0 Å². The topological polar surface area (TPSA) is 34.4 Å². The third kappa shape index (κ3) is 2.86. The van der Waals surface area contributed by atoms with Crippen molar-refractivity contribution in [1.82, 2.24) is 5.32 Å². The standard InChI is InChI=1S/C13H21NO2/c1-10-11(8-14-2)7-13(16-10)9-15-12-5-3-4-6-12/h7,12,14H,3-6,8-9H2,1-2H3. The van der Waals surface area contributed by atoms with E-state index in [-0.39, 0.29) is 0 Å². The molecule has 0 atom stereocenters. The van der Waals surface area contributed by atoms with Crippen LogP contribution >= 0.6 is 0 Å². The van der Waals surface area contributed by atoms with Crippen molar-refractivity contribution in [3.63, 3.8) is 0 Å². The minimum absolute atomic E-state index is 0.457. The molecule has 90 valence electrons. The van der Waals surface area contributed by atoms with Crippen molar-refractivity contribution in [2.45, 2.75) is 51.9 Å². The fourth-order valence-electron chi connectivity index (χ4n) is 2.28. The predicted molar refractivity (Wildman–Crippen MR) is 63.3 cm³/mol. The van der Waals surface area contributed by atoms with Gasteiger partial charge in [-0.15, -0.1) is 0 Å². The molecule has 3 heteroatoms. The molecule has 0 saturated heterocycles. The second-order valence-electron chi connectivity index (χ2n) is 4.54. The highest BCUT2D eigenvalue weighted by molar-refractivity contribution is 5.20. The lowest BCUT2D eigenvalue weighted by molar-refractivity contribution is 0.0354. The van der Waals surface area contributed by atoms with E-state index in [1.165, 1.54) is 31.2 Å². The summed E-state index contributed by atoms with van der Waals surface area (Å²) in [5.41, 5.74) is 1.23.